The number of fused-ring (bicyclic) bond motifs is 1. The second-order valence-electron chi connectivity index (χ2n) is 8.75. The number of aromatic hydroxyl groups is 1. The molecule has 0 bridgehead atoms. The third kappa shape index (κ3) is 4.14. The van der Waals surface area contributed by atoms with Gasteiger partial charge in [0.2, 0.25) is 0 Å². The number of phenols is 1. The fourth-order valence-corrected chi connectivity index (χ4v) is 4.38. The molecular formula is C27H25NO4S. The SMILES string of the molecule is CC(=O)c1cc(-c2cccc(-c3cc(C(C)(C)S(C)(=O)=O)cc4cccnc34)c2)ccc1O. The molecule has 0 aliphatic carbocycles. The zero-order valence-corrected chi connectivity index (χ0v) is 19.8. The van der Waals surface area contributed by atoms with Crippen LogP contribution in [0.15, 0.2) is 72.9 Å². The third-order valence-corrected chi connectivity index (χ3v) is 8.30. The lowest BCUT2D eigenvalue weighted by Gasteiger charge is -2.24. The summed E-state index contributed by atoms with van der Waals surface area (Å²) in [7, 11) is -3.37. The van der Waals surface area contributed by atoms with Gasteiger partial charge in [-0.25, -0.2) is 8.42 Å². The molecule has 0 unspecified atom stereocenters. The Morgan fingerprint density at radius 3 is 2.30 bits per heavy atom. The Morgan fingerprint density at radius 2 is 1.61 bits per heavy atom. The standard InChI is InChI=1S/C27H25NO4S/c1-17(29)23-15-19(10-11-25(23)30)18-7-5-8-20(13-18)24-16-22(27(2,3)33(4,31)32)14-21-9-6-12-28-26(21)24/h5-16,30H,1-4H3. The highest BCUT2D eigenvalue weighted by Gasteiger charge is 2.33. The van der Waals surface area contributed by atoms with Crippen molar-refractivity contribution in [2.75, 3.05) is 6.26 Å². The maximum atomic E-state index is 12.5. The molecule has 5 nitrogen and oxygen atoms in total. The van der Waals surface area contributed by atoms with E-state index < -0.39 is 14.6 Å². The first-order chi connectivity index (χ1) is 15.5. The molecule has 0 saturated heterocycles. The minimum atomic E-state index is -3.37. The summed E-state index contributed by atoms with van der Waals surface area (Å²) < 4.78 is 24.0. The molecule has 168 valence electrons. The van der Waals surface area contributed by atoms with Gasteiger partial charge in [-0.1, -0.05) is 30.3 Å². The highest BCUT2D eigenvalue weighted by atomic mass is 32.2. The van der Waals surface area contributed by atoms with Crippen molar-refractivity contribution in [1.82, 2.24) is 4.98 Å². The average Bonchev–Trinajstić information content (AvgIpc) is 2.77. The first-order valence-corrected chi connectivity index (χ1v) is 12.4. The third-order valence-electron chi connectivity index (χ3n) is 6.21. The number of carbonyl (C=O) groups is 1. The number of hydrogen-bond donors (Lipinski definition) is 1. The van der Waals surface area contributed by atoms with Crippen molar-refractivity contribution in [3.05, 3.63) is 84.1 Å². The van der Waals surface area contributed by atoms with Gasteiger partial charge in [-0.2, -0.15) is 0 Å². The van der Waals surface area contributed by atoms with Crippen molar-refractivity contribution in [1.29, 1.82) is 0 Å². The van der Waals surface area contributed by atoms with Crippen LogP contribution in [-0.4, -0.2) is 30.5 Å². The molecule has 1 aromatic heterocycles. The normalized spacial score (nSPS) is 12.1. The summed E-state index contributed by atoms with van der Waals surface area (Å²) in [6, 6.07) is 20.3. The van der Waals surface area contributed by atoms with Crippen LogP contribution in [-0.2, 0) is 14.6 Å². The minimum absolute atomic E-state index is 0.0479. The van der Waals surface area contributed by atoms with Crippen LogP contribution in [0.3, 0.4) is 0 Å². The first-order valence-electron chi connectivity index (χ1n) is 10.5. The molecule has 0 radical (unpaired) electrons. The van der Waals surface area contributed by atoms with E-state index in [0.29, 0.717) is 5.56 Å². The number of rotatable bonds is 5. The quantitative estimate of drug-likeness (QED) is 0.384. The molecule has 0 atom stereocenters. The summed E-state index contributed by atoms with van der Waals surface area (Å²) in [4.78, 5) is 16.4. The molecular weight excluding hydrogens is 434 g/mol. The molecule has 0 saturated carbocycles. The van der Waals surface area contributed by atoms with Crippen LogP contribution in [0.1, 0.15) is 36.7 Å². The summed E-state index contributed by atoms with van der Waals surface area (Å²) >= 11 is 0. The molecule has 3 aromatic carbocycles. The average molecular weight is 460 g/mol. The molecule has 0 amide bonds. The maximum Gasteiger partial charge on any atom is 0.163 e. The summed E-state index contributed by atoms with van der Waals surface area (Å²) in [5.41, 5.74) is 5.10. The Balaban J connectivity index is 1.94. The highest BCUT2D eigenvalue weighted by Crippen LogP contribution is 2.37. The lowest BCUT2D eigenvalue weighted by Crippen LogP contribution is -2.28. The fourth-order valence-electron chi connectivity index (χ4n) is 3.84. The summed E-state index contributed by atoms with van der Waals surface area (Å²) in [6.45, 7) is 4.84. The van der Waals surface area contributed by atoms with E-state index >= 15 is 0 Å². The van der Waals surface area contributed by atoms with Gasteiger partial charge >= 0.3 is 0 Å². The van der Waals surface area contributed by atoms with Crippen molar-refractivity contribution in [2.24, 2.45) is 0 Å². The van der Waals surface area contributed by atoms with Crippen LogP contribution < -0.4 is 0 Å². The van der Waals surface area contributed by atoms with Gasteiger partial charge in [-0.05, 0) is 79.4 Å². The summed E-state index contributed by atoms with van der Waals surface area (Å²) in [5, 5.41) is 10.9. The molecule has 1 heterocycles. The van der Waals surface area contributed by atoms with E-state index in [9.17, 15) is 18.3 Å². The lowest BCUT2D eigenvalue weighted by atomic mass is 9.92. The number of sulfone groups is 1. The highest BCUT2D eigenvalue weighted by molar-refractivity contribution is 7.91. The van der Waals surface area contributed by atoms with E-state index in [4.69, 9.17) is 0 Å². The predicted molar refractivity (Wildman–Crippen MR) is 132 cm³/mol. The van der Waals surface area contributed by atoms with Gasteiger partial charge in [-0.3, -0.25) is 9.78 Å². The van der Waals surface area contributed by atoms with Crippen LogP contribution in [0.2, 0.25) is 0 Å². The van der Waals surface area contributed by atoms with Gasteiger partial charge in [-0.15, -0.1) is 0 Å². The summed E-state index contributed by atoms with van der Waals surface area (Å²) in [6.07, 6.45) is 2.97. The van der Waals surface area contributed by atoms with Crippen LogP contribution in [0.4, 0.5) is 0 Å². The van der Waals surface area contributed by atoms with Gasteiger partial charge in [0.25, 0.3) is 0 Å². The Labute approximate surface area is 193 Å². The van der Waals surface area contributed by atoms with Crippen molar-refractivity contribution >= 4 is 26.5 Å². The van der Waals surface area contributed by atoms with Crippen LogP contribution in [0, 0.1) is 0 Å². The minimum Gasteiger partial charge on any atom is -0.507 e. The molecule has 0 spiro atoms. The zero-order valence-electron chi connectivity index (χ0n) is 19.0. The molecule has 0 fully saturated rings. The molecule has 0 aliphatic heterocycles. The molecule has 33 heavy (non-hydrogen) atoms. The number of ketones is 1. The number of nitrogens with zero attached hydrogens (tertiary/aromatic N) is 1. The van der Waals surface area contributed by atoms with Crippen molar-refractivity contribution in [3.63, 3.8) is 0 Å². The van der Waals surface area contributed by atoms with E-state index in [-0.39, 0.29) is 17.1 Å². The van der Waals surface area contributed by atoms with Crippen LogP contribution in [0.25, 0.3) is 33.2 Å². The van der Waals surface area contributed by atoms with Gasteiger partial charge in [0, 0.05) is 23.4 Å². The van der Waals surface area contributed by atoms with E-state index in [2.05, 4.69) is 4.98 Å². The second kappa shape index (κ2) is 8.12. The van der Waals surface area contributed by atoms with Gasteiger partial charge in [0.05, 0.1) is 15.8 Å². The zero-order chi connectivity index (χ0) is 24.0. The number of phenolic OH excluding ortho intramolecular Hbond substituents is 1. The molecule has 4 rings (SSSR count). The second-order valence-corrected chi connectivity index (χ2v) is 11.3. The van der Waals surface area contributed by atoms with Crippen molar-refractivity contribution < 1.29 is 18.3 Å². The van der Waals surface area contributed by atoms with Gasteiger partial charge in [0.1, 0.15) is 5.75 Å². The van der Waals surface area contributed by atoms with Crippen molar-refractivity contribution in [3.8, 4) is 28.0 Å². The predicted octanol–water partition coefficient (Wildman–Crippen LogP) is 5.76. The molecule has 1 N–H and O–H groups in total. The van der Waals surface area contributed by atoms with Crippen molar-refractivity contribution in [2.45, 2.75) is 25.5 Å². The Kier molecular flexibility index (Phi) is 5.58. The molecule has 4 aromatic rings. The number of aromatic nitrogens is 1. The molecule has 0 aliphatic rings. The number of pyridine rings is 1. The Hall–Kier alpha value is -3.51. The van der Waals surface area contributed by atoms with Gasteiger partial charge in [0.15, 0.2) is 15.6 Å². The van der Waals surface area contributed by atoms with Gasteiger partial charge < -0.3 is 5.11 Å². The Bertz CT molecular complexity index is 1500. The van der Waals surface area contributed by atoms with E-state index in [1.54, 1.807) is 32.2 Å². The monoisotopic (exact) mass is 459 g/mol. The van der Waals surface area contributed by atoms with Crippen LogP contribution in [0.5, 0.6) is 5.75 Å². The number of Topliss-reactive ketones (excluding diaryl/α,β-unsaturated/α-hetero) is 1. The number of carbonyl (C=O) groups excluding carboxylic acids is 1. The largest absolute Gasteiger partial charge is 0.507 e. The number of benzene rings is 3. The van der Waals surface area contributed by atoms with Crippen LogP contribution >= 0.6 is 0 Å². The van der Waals surface area contributed by atoms with E-state index in [1.165, 1.54) is 19.2 Å². The molecule has 6 heteroatoms. The smallest absolute Gasteiger partial charge is 0.163 e. The topological polar surface area (TPSA) is 84.3 Å². The fraction of sp³-hybridized carbons (Fsp3) is 0.185. The number of hydrogen-bond acceptors (Lipinski definition) is 5. The Morgan fingerprint density at radius 1 is 0.909 bits per heavy atom. The van der Waals surface area contributed by atoms with E-state index in [1.807, 2.05) is 48.5 Å². The maximum absolute atomic E-state index is 12.5. The lowest BCUT2D eigenvalue weighted by molar-refractivity contribution is 0.101. The summed E-state index contributed by atoms with van der Waals surface area (Å²) in [5.74, 6) is -0.260. The van der Waals surface area contributed by atoms with E-state index in [0.717, 1.165) is 33.2 Å². The first kappa shape index (κ1) is 22.7.